The van der Waals surface area contributed by atoms with Crippen LogP contribution in [0.3, 0.4) is 0 Å². The number of rotatable bonds is 10. The van der Waals surface area contributed by atoms with E-state index in [0.717, 1.165) is 22.5 Å². The van der Waals surface area contributed by atoms with E-state index in [9.17, 15) is 27.1 Å². The SMILES string of the molecule is CN(C)S(=O)(=O)c1cccc(CNCC(O)[C@H](Cc2cc(F)cc(F)c2)NC(=O)OC(C)(C)C)c1. The second-order valence-electron chi connectivity index (χ2n) is 9.37. The van der Waals surface area contributed by atoms with Crippen molar-refractivity contribution < 1.29 is 31.8 Å². The molecule has 194 valence electrons. The first-order chi connectivity index (χ1) is 16.2. The number of aliphatic hydroxyl groups excluding tert-OH is 1. The second-order valence-corrected chi connectivity index (χ2v) is 11.5. The Labute approximate surface area is 205 Å². The highest BCUT2D eigenvalue weighted by Crippen LogP contribution is 2.16. The molecule has 0 aliphatic carbocycles. The predicted octanol–water partition coefficient (Wildman–Crippen LogP) is 2.80. The zero-order chi connectivity index (χ0) is 26.4. The number of aliphatic hydroxyl groups is 1. The maximum atomic E-state index is 13.6. The number of amides is 1. The Bertz CT molecular complexity index is 1100. The number of halogens is 2. The summed E-state index contributed by atoms with van der Waals surface area (Å²) < 4.78 is 58.3. The highest BCUT2D eigenvalue weighted by Gasteiger charge is 2.25. The van der Waals surface area contributed by atoms with Crippen LogP contribution in [-0.2, 0) is 27.7 Å². The van der Waals surface area contributed by atoms with Crippen LogP contribution in [0, 0.1) is 11.6 Å². The predicted molar refractivity (Wildman–Crippen MR) is 128 cm³/mol. The lowest BCUT2D eigenvalue weighted by atomic mass is 10.0. The smallest absolute Gasteiger partial charge is 0.407 e. The van der Waals surface area contributed by atoms with Crippen molar-refractivity contribution in [1.82, 2.24) is 14.9 Å². The summed E-state index contributed by atoms with van der Waals surface area (Å²) in [6.45, 7) is 5.30. The van der Waals surface area contributed by atoms with Crippen LogP contribution in [-0.4, -0.2) is 62.3 Å². The third-order valence-electron chi connectivity index (χ3n) is 4.90. The Morgan fingerprint density at radius 1 is 1.09 bits per heavy atom. The topological polar surface area (TPSA) is 108 Å². The molecule has 0 saturated heterocycles. The number of nitrogens with one attached hydrogen (secondary N) is 2. The molecule has 1 amide bonds. The maximum Gasteiger partial charge on any atom is 0.407 e. The molecule has 0 aromatic heterocycles. The molecule has 0 heterocycles. The first-order valence-electron chi connectivity index (χ1n) is 11.0. The van der Waals surface area contributed by atoms with Gasteiger partial charge in [0.25, 0.3) is 0 Å². The van der Waals surface area contributed by atoms with E-state index in [-0.39, 0.29) is 30.0 Å². The summed E-state index contributed by atoms with van der Waals surface area (Å²) in [6, 6.07) is 8.46. The summed E-state index contributed by atoms with van der Waals surface area (Å²) in [4.78, 5) is 12.4. The standard InChI is InChI=1S/C24H33F2N3O5S/c1-24(2,3)34-23(31)28-21(12-17-9-18(25)13-19(26)10-17)22(30)15-27-14-16-7-6-8-20(11-16)35(32,33)29(4)5/h6-11,13,21-22,27,30H,12,14-15H2,1-5H3,(H,28,31)/t21-,22?/m0/s1. The summed E-state index contributed by atoms with van der Waals surface area (Å²) in [6.07, 6.45) is -1.98. The molecule has 3 N–H and O–H groups in total. The molecule has 8 nitrogen and oxygen atoms in total. The quantitative estimate of drug-likeness (QED) is 0.451. The van der Waals surface area contributed by atoms with Crippen LogP contribution in [0.1, 0.15) is 31.9 Å². The summed E-state index contributed by atoms with van der Waals surface area (Å²) in [5, 5.41) is 16.4. The summed E-state index contributed by atoms with van der Waals surface area (Å²) >= 11 is 0. The Morgan fingerprint density at radius 3 is 2.29 bits per heavy atom. The first-order valence-corrected chi connectivity index (χ1v) is 12.5. The van der Waals surface area contributed by atoms with E-state index >= 15 is 0 Å². The third kappa shape index (κ3) is 9.17. The summed E-state index contributed by atoms with van der Waals surface area (Å²) in [7, 11) is -0.704. The average Bonchev–Trinajstić information content (AvgIpc) is 2.71. The lowest BCUT2D eigenvalue weighted by Gasteiger charge is -2.27. The number of nitrogens with zero attached hydrogens (tertiary/aromatic N) is 1. The van der Waals surface area contributed by atoms with E-state index in [0.29, 0.717) is 5.56 Å². The number of sulfonamides is 1. The van der Waals surface area contributed by atoms with Gasteiger partial charge in [-0.3, -0.25) is 0 Å². The van der Waals surface area contributed by atoms with Crippen molar-refractivity contribution in [3.05, 3.63) is 65.2 Å². The van der Waals surface area contributed by atoms with Gasteiger partial charge < -0.3 is 20.5 Å². The van der Waals surface area contributed by atoms with E-state index in [1.807, 2.05) is 0 Å². The molecule has 0 bridgehead atoms. The fourth-order valence-electron chi connectivity index (χ4n) is 3.26. The monoisotopic (exact) mass is 513 g/mol. The molecule has 2 aromatic carbocycles. The van der Waals surface area contributed by atoms with Gasteiger partial charge in [-0.25, -0.2) is 26.3 Å². The molecule has 0 saturated carbocycles. The molecular formula is C24H33F2N3O5S. The number of benzene rings is 2. The van der Waals surface area contributed by atoms with E-state index in [4.69, 9.17) is 4.74 Å². The zero-order valence-electron chi connectivity index (χ0n) is 20.5. The molecule has 0 fully saturated rings. The summed E-state index contributed by atoms with van der Waals surface area (Å²) in [5.74, 6) is -1.53. The Kier molecular flexibility index (Phi) is 9.73. The van der Waals surface area contributed by atoms with Gasteiger partial charge in [-0.05, 0) is 62.6 Å². The average molecular weight is 514 g/mol. The molecule has 0 aliphatic heterocycles. The Morgan fingerprint density at radius 2 is 1.71 bits per heavy atom. The molecule has 2 aromatic rings. The van der Waals surface area contributed by atoms with Gasteiger partial charge in [0.05, 0.1) is 17.0 Å². The van der Waals surface area contributed by atoms with Gasteiger partial charge in [0.2, 0.25) is 10.0 Å². The van der Waals surface area contributed by atoms with E-state index < -0.39 is 45.5 Å². The van der Waals surface area contributed by atoms with Gasteiger partial charge >= 0.3 is 6.09 Å². The van der Waals surface area contributed by atoms with Gasteiger partial charge in [0.1, 0.15) is 17.2 Å². The van der Waals surface area contributed by atoms with Crippen molar-refractivity contribution in [1.29, 1.82) is 0 Å². The largest absolute Gasteiger partial charge is 0.444 e. The van der Waals surface area contributed by atoms with Crippen LogP contribution in [0.4, 0.5) is 13.6 Å². The highest BCUT2D eigenvalue weighted by molar-refractivity contribution is 7.89. The number of carbonyl (C=O) groups excluding carboxylic acids is 1. The van der Waals surface area contributed by atoms with Gasteiger partial charge in [0.15, 0.2) is 0 Å². The molecule has 11 heteroatoms. The number of ether oxygens (including phenoxy) is 1. The lowest BCUT2D eigenvalue weighted by Crippen LogP contribution is -2.49. The van der Waals surface area contributed by atoms with E-state index in [1.54, 1.807) is 32.9 Å². The molecule has 0 radical (unpaired) electrons. The fraction of sp³-hybridized carbons (Fsp3) is 0.458. The van der Waals surface area contributed by atoms with Crippen LogP contribution < -0.4 is 10.6 Å². The molecule has 35 heavy (non-hydrogen) atoms. The number of hydrogen-bond donors (Lipinski definition) is 3. The minimum atomic E-state index is -3.59. The van der Waals surface area contributed by atoms with Gasteiger partial charge in [0, 0.05) is 33.3 Å². The Balaban J connectivity index is 2.10. The first kappa shape index (κ1) is 28.6. The molecule has 1 unspecified atom stereocenters. The molecule has 0 spiro atoms. The highest BCUT2D eigenvalue weighted by atomic mass is 32.2. The molecule has 0 aliphatic rings. The summed E-state index contributed by atoms with van der Waals surface area (Å²) in [5.41, 5.74) is 0.147. The maximum absolute atomic E-state index is 13.6. The van der Waals surface area contributed by atoms with Crippen molar-refractivity contribution in [3.63, 3.8) is 0 Å². The number of hydrogen-bond acceptors (Lipinski definition) is 6. The van der Waals surface area contributed by atoms with E-state index in [2.05, 4.69) is 10.6 Å². The molecule has 2 atom stereocenters. The normalized spacial score (nSPS) is 14.0. The minimum Gasteiger partial charge on any atom is -0.444 e. The van der Waals surface area contributed by atoms with Crippen LogP contribution in [0.5, 0.6) is 0 Å². The fourth-order valence-corrected chi connectivity index (χ4v) is 4.23. The number of carbonyl (C=O) groups is 1. The molecular weight excluding hydrogens is 480 g/mol. The Hall–Kier alpha value is -2.60. The lowest BCUT2D eigenvalue weighted by molar-refractivity contribution is 0.0422. The van der Waals surface area contributed by atoms with Crippen LogP contribution in [0.15, 0.2) is 47.4 Å². The zero-order valence-corrected chi connectivity index (χ0v) is 21.3. The van der Waals surface area contributed by atoms with Crippen molar-refractivity contribution in [2.24, 2.45) is 0 Å². The van der Waals surface area contributed by atoms with Crippen molar-refractivity contribution >= 4 is 16.1 Å². The van der Waals surface area contributed by atoms with Crippen LogP contribution >= 0.6 is 0 Å². The van der Waals surface area contributed by atoms with E-state index in [1.165, 1.54) is 26.2 Å². The van der Waals surface area contributed by atoms with Crippen molar-refractivity contribution in [3.8, 4) is 0 Å². The second kappa shape index (κ2) is 11.9. The van der Waals surface area contributed by atoms with Crippen molar-refractivity contribution in [2.75, 3.05) is 20.6 Å². The third-order valence-corrected chi connectivity index (χ3v) is 6.72. The number of alkyl carbamates (subject to hydrolysis) is 1. The van der Waals surface area contributed by atoms with Crippen molar-refractivity contribution in [2.45, 2.75) is 56.4 Å². The van der Waals surface area contributed by atoms with Gasteiger partial charge in [-0.1, -0.05) is 12.1 Å². The van der Waals surface area contributed by atoms with Gasteiger partial charge in [-0.2, -0.15) is 0 Å². The van der Waals surface area contributed by atoms with Gasteiger partial charge in [-0.15, -0.1) is 0 Å². The minimum absolute atomic E-state index is 0.00290. The van der Waals surface area contributed by atoms with Crippen LogP contribution in [0.2, 0.25) is 0 Å². The van der Waals surface area contributed by atoms with Crippen LogP contribution in [0.25, 0.3) is 0 Å². The molecule has 2 rings (SSSR count).